The van der Waals surface area contributed by atoms with Crippen molar-refractivity contribution >= 4 is 11.6 Å². The summed E-state index contributed by atoms with van der Waals surface area (Å²) in [5.74, 6) is 0.513. The first kappa shape index (κ1) is 22.5. The molecule has 4 rings (SSSR count). The molecule has 2 heterocycles. The van der Waals surface area contributed by atoms with Crippen molar-refractivity contribution in [3.8, 4) is 17.0 Å². The van der Waals surface area contributed by atoms with Gasteiger partial charge in [0.2, 0.25) is 5.91 Å². The topological polar surface area (TPSA) is 67.7 Å². The molecule has 1 aliphatic rings. The lowest BCUT2D eigenvalue weighted by Gasteiger charge is -2.36. The monoisotopic (exact) mass is 450 g/mol. The van der Waals surface area contributed by atoms with Gasteiger partial charge in [0.05, 0.1) is 24.5 Å². The average Bonchev–Trinajstić information content (AvgIpc) is 2.84. The van der Waals surface area contributed by atoms with E-state index in [1.54, 1.807) is 18.2 Å². The van der Waals surface area contributed by atoms with Crippen LogP contribution in [0.4, 0.5) is 10.1 Å². The summed E-state index contributed by atoms with van der Waals surface area (Å²) in [5, 5.41) is 4.36. The maximum atomic E-state index is 13.2. The molecule has 0 saturated carbocycles. The highest BCUT2D eigenvalue weighted by Gasteiger charge is 2.23. The van der Waals surface area contributed by atoms with Gasteiger partial charge < -0.3 is 14.5 Å². The fourth-order valence-corrected chi connectivity index (χ4v) is 3.94. The Bertz CT molecular complexity index is 1150. The number of piperazine rings is 1. The largest absolute Gasteiger partial charge is 0.492 e. The number of nitrogens with zero attached hydrogens (tertiary/aromatic N) is 4. The van der Waals surface area contributed by atoms with E-state index in [-0.39, 0.29) is 30.2 Å². The number of hydrogen-bond donors (Lipinski definition) is 0. The fourth-order valence-electron chi connectivity index (χ4n) is 3.94. The Morgan fingerprint density at radius 2 is 1.73 bits per heavy atom. The van der Waals surface area contributed by atoms with E-state index in [0.717, 1.165) is 11.4 Å². The van der Waals surface area contributed by atoms with Crippen LogP contribution in [0.2, 0.25) is 0 Å². The number of carbonyl (C=O) groups is 1. The highest BCUT2D eigenvalue weighted by Crippen LogP contribution is 2.28. The van der Waals surface area contributed by atoms with E-state index in [9.17, 15) is 14.0 Å². The predicted octanol–water partition coefficient (Wildman–Crippen LogP) is 3.19. The molecule has 1 saturated heterocycles. The van der Waals surface area contributed by atoms with Gasteiger partial charge in [0.1, 0.15) is 11.6 Å². The smallest absolute Gasteiger partial charge is 0.266 e. The van der Waals surface area contributed by atoms with E-state index in [4.69, 9.17) is 4.74 Å². The van der Waals surface area contributed by atoms with Crippen molar-refractivity contribution in [3.05, 3.63) is 76.8 Å². The Hall–Kier alpha value is -3.68. The Balaban J connectivity index is 1.35. The summed E-state index contributed by atoms with van der Waals surface area (Å²) in [7, 11) is 0. The summed E-state index contributed by atoms with van der Waals surface area (Å²) in [4.78, 5) is 29.1. The number of amides is 1. The van der Waals surface area contributed by atoms with Gasteiger partial charge in [0, 0.05) is 44.2 Å². The zero-order chi connectivity index (χ0) is 23.2. The minimum absolute atomic E-state index is 0.00590. The van der Waals surface area contributed by atoms with Crippen LogP contribution in [0.5, 0.6) is 5.75 Å². The quantitative estimate of drug-likeness (QED) is 0.553. The Morgan fingerprint density at radius 3 is 2.45 bits per heavy atom. The van der Waals surface area contributed by atoms with Gasteiger partial charge in [-0.2, -0.15) is 5.10 Å². The van der Waals surface area contributed by atoms with Crippen LogP contribution in [0.1, 0.15) is 13.3 Å². The second-order valence-electron chi connectivity index (χ2n) is 7.81. The van der Waals surface area contributed by atoms with Crippen molar-refractivity contribution in [1.82, 2.24) is 14.7 Å². The van der Waals surface area contributed by atoms with Gasteiger partial charge in [0.25, 0.3) is 5.56 Å². The summed E-state index contributed by atoms with van der Waals surface area (Å²) in [5.41, 5.74) is 2.04. The van der Waals surface area contributed by atoms with Gasteiger partial charge in [-0.25, -0.2) is 9.07 Å². The van der Waals surface area contributed by atoms with Gasteiger partial charge in [-0.3, -0.25) is 9.59 Å². The van der Waals surface area contributed by atoms with Gasteiger partial charge >= 0.3 is 0 Å². The number of ether oxygens (including phenoxy) is 1. The molecule has 0 bridgehead atoms. The lowest BCUT2D eigenvalue weighted by Crippen LogP contribution is -2.49. The maximum Gasteiger partial charge on any atom is 0.266 e. The molecule has 0 radical (unpaired) electrons. The van der Waals surface area contributed by atoms with Crippen LogP contribution in [0, 0.1) is 5.82 Å². The number of anilines is 1. The SMILES string of the molecule is CCOc1ccccc1N1CCN(C(=O)CCn2nc(-c3ccc(F)cc3)ccc2=O)CC1. The molecule has 1 aromatic heterocycles. The molecule has 3 aromatic rings. The summed E-state index contributed by atoms with van der Waals surface area (Å²) < 4.78 is 20.2. The molecular weight excluding hydrogens is 423 g/mol. The van der Waals surface area contributed by atoms with Crippen LogP contribution in [0.25, 0.3) is 11.3 Å². The number of aromatic nitrogens is 2. The summed E-state index contributed by atoms with van der Waals surface area (Å²) in [6.07, 6.45) is 0.190. The highest BCUT2D eigenvalue weighted by atomic mass is 19.1. The first-order chi connectivity index (χ1) is 16.0. The second-order valence-corrected chi connectivity index (χ2v) is 7.81. The van der Waals surface area contributed by atoms with E-state index < -0.39 is 0 Å². The van der Waals surface area contributed by atoms with Gasteiger partial charge in [-0.05, 0) is 49.4 Å². The Kier molecular flexibility index (Phi) is 7.02. The molecule has 172 valence electrons. The molecule has 0 N–H and O–H groups in total. The molecule has 0 aliphatic carbocycles. The zero-order valence-corrected chi connectivity index (χ0v) is 18.6. The molecule has 8 heteroatoms. The van der Waals surface area contributed by atoms with E-state index in [1.807, 2.05) is 36.1 Å². The molecule has 7 nitrogen and oxygen atoms in total. The number of hydrogen-bond acceptors (Lipinski definition) is 5. The van der Waals surface area contributed by atoms with E-state index in [2.05, 4.69) is 10.00 Å². The van der Waals surface area contributed by atoms with Crippen molar-refractivity contribution in [2.75, 3.05) is 37.7 Å². The minimum Gasteiger partial charge on any atom is -0.492 e. The van der Waals surface area contributed by atoms with Crippen molar-refractivity contribution in [2.45, 2.75) is 19.9 Å². The second kappa shape index (κ2) is 10.3. The predicted molar refractivity (Wildman–Crippen MR) is 125 cm³/mol. The number of rotatable bonds is 7. The zero-order valence-electron chi connectivity index (χ0n) is 18.6. The van der Waals surface area contributed by atoms with E-state index in [1.165, 1.54) is 22.9 Å². The molecule has 1 fully saturated rings. The third-order valence-corrected chi connectivity index (χ3v) is 5.68. The molecule has 0 unspecified atom stereocenters. The number of aryl methyl sites for hydroxylation is 1. The highest BCUT2D eigenvalue weighted by molar-refractivity contribution is 5.76. The Morgan fingerprint density at radius 1 is 1.00 bits per heavy atom. The van der Waals surface area contributed by atoms with Crippen LogP contribution in [0.15, 0.2) is 65.5 Å². The molecule has 33 heavy (non-hydrogen) atoms. The Labute approximate surface area is 192 Å². The van der Waals surface area contributed by atoms with Crippen molar-refractivity contribution in [1.29, 1.82) is 0 Å². The summed E-state index contributed by atoms with van der Waals surface area (Å²) in [6, 6.07) is 16.9. The van der Waals surface area contributed by atoms with Crippen molar-refractivity contribution < 1.29 is 13.9 Å². The third kappa shape index (κ3) is 5.39. The van der Waals surface area contributed by atoms with Crippen LogP contribution in [-0.4, -0.2) is 53.4 Å². The third-order valence-electron chi connectivity index (χ3n) is 5.68. The van der Waals surface area contributed by atoms with Crippen LogP contribution in [0.3, 0.4) is 0 Å². The normalized spacial score (nSPS) is 13.8. The molecule has 2 aromatic carbocycles. The fraction of sp³-hybridized carbons (Fsp3) is 0.320. The van der Waals surface area contributed by atoms with Gasteiger partial charge in [0.15, 0.2) is 0 Å². The lowest BCUT2D eigenvalue weighted by molar-refractivity contribution is -0.131. The average molecular weight is 451 g/mol. The molecule has 0 atom stereocenters. The van der Waals surface area contributed by atoms with Crippen LogP contribution >= 0.6 is 0 Å². The number of halogens is 1. The number of para-hydroxylation sites is 2. The van der Waals surface area contributed by atoms with Crippen molar-refractivity contribution in [3.63, 3.8) is 0 Å². The summed E-state index contributed by atoms with van der Waals surface area (Å²) >= 11 is 0. The molecule has 0 spiro atoms. The minimum atomic E-state index is -0.334. The van der Waals surface area contributed by atoms with Gasteiger partial charge in [-0.15, -0.1) is 0 Å². The van der Waals surface area contributed by atoms with Crippen molar-refractivity contribution in [2.24, 2.45) is 0 Å². The molecule has 1 aliphatic heterocycles. The van der Waals surface area contributed by atoms with Crippen LogP contribution < -0.4 is 15.2 Å². The van der Waals surface area contributed by atoms with E-state index in [0.29, 0.717) is 44.0 Å². The standard InChI is InChI=1S/C25H27FN4O3/c1-2-33-23-6-4-3-5-22(23)28-15-17-29(18-16-28)24(31)13-14-30-25(32)12-11-21(27-30)19-7-9-20(26)10-8-19/h3-12H,2,13-18H2,1H3. The van der Waals surface area contributed by atoms with Crippen LogP contribution in [-0.2, 0) is 11.3 Å². The maximum absolute atomic E-state index is 13.2. The number of benzene rings is 2. The first-order valence-electron chi connectivity index (χ1n) is 11.1. The lowest BCUT2D eigenvalue weighted by atomic mass is 10.1. The van der Waals surface area contributed by atoms with E-state index >= 15 is 0 Å². The number of carbonyl (C=O) groups excluding carboxylic acids is 1. The molecular formula is C25H27FN4O3. The summed E-state index contributed by atoms with van der Waals surface area (Å²) in [6.45, 7) is 5.41. The first-order valence-corrected chi connectivity index (χ1v) is 11.1. The molecule has 1 amide bonds. The van der Waals surface area contributed by atoms with Gasteiger partial charge in [-0.1, -0.05) is 12.1 Å².